The molecule has 6 nitrogen and oxygen atoms in total. The van der Waals surface area contributed by atoms with E-state index < -0.39 is 11.7 Å². The van der Waals surface area contributed by atoms with E-state index in [-0.39, 0.29) is 12.3 Å². The number of carbonyl (C=O) groups excluding carboxylic acids is 1. The molecule has 0 aliphatic rings. The van der Waals surface area contributed by atoms with Crippen molar-refractivity contribution in [3.05, 3.63) is 83.6 Å². The fourth-order valence-corrected chi connectivity index (χ4v) is 3.23. The molecule has 1 amide bonds. The highest BCUT2D eigenvalue weighted by molar-refractivity contribution is 5.97. The maximum atomic E-state index is 13.9. The predicted octanol–water partition coefficient (Wildman–Crippen LogP) is 4.74. The number of anilines is 1. The molecule has 2 heterocycles. The molecular weight excluding hydrogens is 383 g/mol. The van der Waals surface area contributed by atoms with Gasteiger partial charge in [-0.3, -0.25) is 10.1 Å². The minimum Gasteiger partial charge on any atom is -0.337 e. The van der Waals surface area contributed by atoms with Crippen molar-refractivity contribution in [3.8, 4) is 22.5 Å². The molecule has 0 bridgehead atoms. The van der Waals surface area contributed by atoms with Gasteiger partial charge in [-0.1, -0.05) is 41.6 Å². The minimum absolute atomic E-state index is 0.130. The molecule has 0 saturated heterocycles. The third kappa shape index (κ3) is 3.82. The summed E-state index contributed by atoms with van der Waals surface area (Å²) >= 11 is 0. The van der Waals surface area contributed by atoms with E-state index in [4.69, 9.17) is 4.52 Å². The Hall–Kier alpha value is -3.87. The molecule has 0 aliphatic heterocycles. The summed E-state index contributed by atoms with van der Waals surface area (Å²) in [6.07, 6.45) is 2.89. The first-order valence-electron chi connectivity index (χ1n) is 9.40. The molecule has 2 aromatic carbocycles. The van der Waals surface area contributed by atoms with Gasteiger partial charge >= 0.3 is 0 Å². The summed E-state index contributed by atoms with van der Waals surface area (Å²) in [6.45, 7) is 4.01. The van der Waals surface area contributed by atoms with Crippen molar-refractivity contribution in [1.29, 1.82) is 0 Å². The second kappa shape index (κ2) is 8.24. The molecule has 2 aromatic heterocycles. The molecule has 0 aliphatic carbocycles. The first kappa shape index (κ1) is 19.4. The Bertz CT molecular complexity index is 1210. The summed E-state index contributed by atoms with van der Waals surface area (Å²) in [7, 11) is 0. The van der Waals surface area contributed by atoms with Gasteiger partial charge in [0.2, 0.25) is 11.8 Å². The summed E-state index contributed by atoms with van der Waals surface area (Å²) in [4.78, 5) is 20.8. The zero-order valence-corrected chi connectivity index (χ0v) is 16.5. The fourth-order valence-electron chi connectivity index (χ4n) is 3.23. The van der Waals surface area contributed by atoms with Crippen LogP contribution in [0, 0.1) is 19.7 Å². The molecular formula is C23H19FN4O2. The van der Waals surface area contributed by atoms with Gasteiger partial charge in [-0.05, 0) is 42.7 Å². The summed E-state index contributed by atoms with van der Waals surface area (Å²) in [5.74, 6) is -0.692. The highest BCUT2D eigenvalue weighted by Gasteiger charge is 2.23. The van der Waals surface area contributed by atoms with Crippen molar-refractivity contribution in [3.63, 3.8) is 0 Å². The van der Waals surface area contributed by atoms with Crippen LogP contribution in [0.25, 0.3) is 22.5 Å². The van der Waals surface area contributed by atoms with Gasteiger partial charge in [0.1, 0.15) is 17.8 Å². The maximum Gasteiger partial charge on any atom is 0.241 e. The standard InChI is InChI=1S/C23H19FN4O2/c1-14-6-5-8-17(15(14)2)22-21(19-10-11-25-13-26-19)23(30-28-22)27-20(29)12-16-7-3-4-9-18(16)24/h3-11,13H,12H2,1-2H3,(H,27,29). The average Bonchev–Trinajstić information content (AvgIpc) is 3.15. The van der Waals surface area contributed by atoms with Crippen molar-refractivity contribution in [1.82, 2.24) is 15.1 Å². The first-order valence-corrected chi connectivity index (χ1v) is 9.40. The van der Waals surface area contributed by atoms with Crippen molar-refractivity contribution < 1.29 is 13.7 Å². The molecule has 150 valence electrons. The third-order valence-electron chi connectivity index (χ3n) is 4.95. The molecule has 7 heteroatoms. The van der Waals surface area contributed by atoms with Crippen LogP contribution in [-0.2, 0) is 11.2 Å². The summed E-state index contributed by atoms with van der Waals surface area (Å²) < 4.78 is 19.4. The molecule has 0 atom stereocenters. The van der Waals surface area contributed by atoms with Gasteiger partial charge in [-0.15, -0.1) is 0 Å². The van der Waals surface area contributed by atoms with Crippen molar-refractivity contribution in [2.45, 2.75) is 20.3 Å². The quantitative estimate of drug-likeness (QED) is 0.522. The normalized spacial score (nSPS) is 10.8. The van der Waals surface area contributed by atoms with E-state index in [0.717, 1.165) is 16.7 Å². The first-order chi connectivity index (χ1) is 14.5. The van der Waals surface area contributed by atoms with E-state index in [1.165, 1.54) is 12.4 Å². The van der Waals surface area contributed by atoms with Crippen LogP contribution in [0.2, 0.25) is 0 Å². The molecule has 0 unspecified atom stereocenters. The minimum atomic E-state index is -0.433. The van der Waals surface area contributed by atoms with Crippen molar-refractivity contribution in [2.75, 3.05) is 5.32 Å². The number of hydrogen-bond donors (Lipinski definition) is 1. The van der Waals surface area contributed by atoms with Gasteiger partial charge in [0.15, 0.2) is 0 Å². The number of rotatable bonds is 5. The Labute approximate surface area is 172 Å². The van der Waals surface area contributed by atoms with E-state index >= 15 is 0 Å². The fraction of sp³-hybridized carbons (Fsp3) is 0.130. The van der Waals surface area contributed by atoms with E-state index in [1.54, 1.807) is 30.5 Å². The lowest BCUT2D eigenvalue weighted by atomic mass is 9.97. The number of carbonyl (C=O) groups is 1. The van der Waals surface area contributed by atoms with Crippen LogP contribution in [-0.4, -0.2) is 21.0 Å². The lowest BCUT2D eigenvalue weighted by Crippen LogP contribution is -2.15. The topological polar surface area (TPSA) is 80.9 Å². The van der Waals surface area contributed by atoms with Gasteiger partial charge < -0.3 is 4.52 Å². The Morgan fingerprint density at radius 3 is 2.70 bits per heavy atom. The van der Waals surface area contributed by atoms with Crippen LogP contribution in [0.15, 0.2) is 65.6 Å². The number of halogens is 1. The number of aryl methyl sites for hydroxylation is 1. The van der Waals surface area contributed by atoms with Crippen molar-refractivity contribution in [2.24, 2.45) is 0 Å². The number of nitrogens with zero attached hydrogens (tertiary/aromatic N) is 3. The van der Waals surface area contributed by atoms with Gasteiger partial charge in [-0.2, -0.15) is 0 Å². The number of nitrogens with one attached hydrogen (secondary N) is 1. The highest BCUT2D eigenvalue weighted by Crippen LogP contribution is 2.38. The van der Waals surface area contributed by atoms with Crippen LogP contribution < -0.4 is 5.32 Å². The number of benzene rings is 2. The Balaban J connectivity index is 1.74. The monoisotopic (exact) mass is 402 g/mol. The Morgan fingerprint density at radius 2 is 1.93 bits per heavy atom. The second-order valence-corrected chi connectivity index (χ2v) is 6.89. The summed E-state index contributed by atoms with van der Waals surface area (Å²) in [5.41, 5.74) is 5.00. The van der Waals surface area contributed by atoms with Crippen LogP contribution >= 0.6 is 0 Å². The van der Waals surface area contributed by atoms with Crippen LogP contribution in [0.4, 0.5) is 10.3 Å². The van der Waals surface area contributed by atoms with Gasteiger partial charge in [0.25, 0.3) is 0 Å². The number of aromatic nitrogens is 3. The SMILES string of the molecule is Cc1cccc(-c2noc(NC(=O)Cc3ccccc3F)c2-c2ccncn2)c1C. The highest BCUT2D eigenvalue weighted by atomic mass is 19.1. The molecule has 30 heavy (non-hydrogen) atoms. The molecule has 0 fully saturated rings. The van der Waals surface area contributed by atoms with Crippen LogP contribution in [0.3, 0.4) is 0 Å². The lowest BCUT2D eigenvalue weighted by molar-refractivity contribution is -0.115. The molecule has 1 N–H and O–H groups in total. The largest absolute Gasteiger partial charge is 0.337 e. The molecule has 0 radical (unpaired) electrons. The van der Waals surface area contributed by atoms with E-state index in [2.05, 4.69) is 20.4 Å². The smallest absolute Gasteiger partial charge is 0.241 e. The summed E-state index contributed by atoms with van der Waals surface area (Å²) in [5, 5.41) is 6.93. The van der Waals surface area contributed by atoms with Gasteiger partial charge in [-0.25, -0.2) is 14.4 Å². The zero-order valence-electron chi connectivity index (χ0n) is 16.5. The van der Waals surface area contributed by atoms with E-state index in [0.29, 0.717) is 22.5 Å². The third-order valence-corrected chi connectivity index (χ3v) is 4.95. The number of amides is 1. The van der Waals surface area contributed by atoms with Crippen LogP contribution in [0.5, 0.6) is 0 Å². The molecule has 0 saturated carbocycles. The zero-order chi connectivity index (χ0) is 21.1. The average molecular weight is 402 g/mol. The summed E-state index contributed by atoms with van der Waals surface area (Å²) in [6, 6.07) is 13.8. The lowest BCUT2D eigenvalue weighted by Gasteiger charge is -2.09. The van der Waals surface area contributed by atoms with Gasteiger partial charge in [0.05, 0.1) is 17.7 Å². The van der Waals surface area contributed by atoms with E-state index in [1.807, 2.05) is 32.0 Å². The van der Waals surface area contributed by atoms with Crippen molar-refractivity contribution >= 4 is 11.8 Å². The Morgan fingerprint density at radius 1 is 1.10 bits per heavy atom. The Kier molecular flexibility index (Phi) is 5.34. The van der Waals surface area contributed by atoms with E-state index in [9.17, 15) is 9.18 Å². The molecule has 4 aromatic rings. The molecule has 0 spiro atoms. The second-order valence-electron chi connectivity index (χ2n) is 6.89. The van der Waals surface area contributed by atoms with Crippen LogP contribution in [0.1, 0.15) is 16.7 Å². The predicted molar refractivity (Wildman–Crippen MR) is 111 cm³/mol. The maximum absolute atomic E-state index is 13.9. The molecule has 4 rings (SSSR count). The number of hydrogen-bond acceptors (Lipinski definition) is 5. The van der Waals surface area contributed by atoms with Gasteiger partial charge in [0, 0.05) is 11.8 Å².